The second-order valence-corrected chi connectivity index (χ2v) is 4.03. The molecule has 4 atom stereocenters. The molecule has 0 aliphatic heterocycles. The Hall–Kier alpha value is -1.23. The third-order valence-electron chi connectivity index (χ3n) is 3.30. The van der Waals surface area contributed by atoms with Crippen molar-refractivity contribution in [1.82, 2.24) is 0 Å². The lowest BCUT2D eigenvalue weighted by Gasteiger charge is -2.24. The SMILES string of the molecule is CCOC(=O)C1C2CC(C(=O)C2=O)C1N. The van der Waals surface area contributed by atoms with Crippen LogP contribution in [0.15, 0.2) is 0 Å². The molecule has 0 aromatic carbocycles. The van der Waals surface area contributed by atoms with E-state index in [2.05, 4.69) is 0 Å². The highest BCUT2D eigenvalue weighted by Crippen LogP contribution is 2.43. The van der Waals surface area contributed by atoms with Gasteiger partial charge in [-0.1, -0.05) is 0 Å². The fraction of sp³-hybridized carbons (Fsp3) is 0.700. The maximum Gasteiger partial charge on any atom is 0.311 e. The fourth-order valence-corrected chi connectivity index (χ4v) is 2.57. The van der Waals surface area contributed by atoms with E-state index in [1.54, 1.807) is 6.92 Å². The molecular formula is C10H13NO4. The highest BCUT2D eigenvalue weighted by molar-refractivity contribution is 6.42. The second kappa shape index (κ2) is 3.41. The van der Waals surface area contributed by atoms with Crippen molar-refractivity contribution in [2.75, 3.05) is 6.61 Å². The van der Waals surface area contributed by atoms with Crippen LogP contribution in [0.5, 0.6) is 0 Å². The molecule has 82 valence electrons. The maximum atomic E-state index is 11.5. The zero-order valence-electron chi connectivity index (χ0n) is 8.43. The molecule has 2 aliphatic rings. The third kappa shape index (κ3) is 1.30. The summed E-state index contributed by atoms with van der Waals surface area (Å²) in [5.74, 6) is -2.90. The summed E-state index contributed by atoms with van der Waals surface area (Å²) in [6.45, 7) is 1.96. The molecule has 0 saturated heterocycles. The van der Waals surface area contributed by atoms with Gasteiger partial charge in [0, 0.05) is 17.9 Å². The van der Waals surface area contributed by atoms with Crippen molar-refractivity contribution in [2.45, 2.75) is 19.4 Å². The van der Waals surface area contributed by atoms with Crippen LogP contribution in [0.1, 0.15) is 13.3 Å². The normalized spacial score (nSPS) is 38.5. The summed E-state index contributed by atoms with van der Waals surface area (Å²) >= 11 is 0. The molecule has 2 fully saturated rings. The first-order valence-electron chi connectivity index (χ1n) is 5.08. The van der Waals surface area contributed by atoms with Gasteiger partial charge in [0.1, 0.15) is 0 Å². The van der Waals surface area contributed by atoms with Crippen LogP contribution >= 0.6 is 0 Å². The highest BCUT2D eigenvalue weighted by atomic mass is 16.5. The molecule has 5 nitrogen and oxygen atoms in total. The van der Waals surface area contributed by atoms with E-state index in [1.165, 1.54) is 0 Å². The Balaban J connectivity index is 2.20. The number of ketones is 2. The Morgan fingerprint density at radius 3 is 2.53 bits per heavy atom. The molecule has 0 amide bonds. The zero-order chi connectivity index (χ0) is 11.2. The lowest BCUT2D eigenvalue weighted by atomic mass is 9.83. The van der Waals surface area contributed by atoms with E-state index in [-0.39, 0.29) is 6.61 Å². The van der Waals surface area contributed by atoms with Crippen molar-refractivity contribution in [2.24, 2.45) is 23.5 Å². The molecule has 2 rings (SSSR count). The monoisotopic (exact) mass is 211 g/mol. The van der Waals surface area contributed by atoms with E-state index in [0.717, 1.165) is 0 Å². The van der Waals surface area contributed by atoms with E-state index >= 15 is 0 Å². The summed E-state index contributed by atoms with van der Waals surface area (Å²) in [4.78, 5) is 34.3. The molecule has 4 unspecified atom stereocenters. The van der Waals surface area contributed by atoms with Crippen molar-refractivity contribution in [1.29, 1.82) is 0 Å². The van der Waals surface area contributed by atoms with Crippen LogP contribution in [0.2, 0.25) is 0 Å². The van der Waals surface area contributed by atoms with Crippen LogP contribution in [0.25, 0.3) is 0 Å². The number of fused-ring (bicyclic) bond motifs is 2. The first-order valence-corrected chi connectivity index (χ1v) is 5.08. The van der Waals surface area contributed by atoms with Gasteiger partial charge in [0.25, 0.3) is 0 Å². The summed E-state index contributed by atoms with van der Waals surface area (Å²) in [5, 5.41) is 0. The fourth-order valence-electron chi connectivity index (χ4n) is 2.57. The van der Waals surface area contributed by atoms with Crippen LogP contribution < -0.4 is 5.73 Å². The number of carbonyl (C=O) groups excluding carboxylic acids is 3. The Bertz CT molecular complexity index is 338. The van der Waals surface area contributed by atoms with Gasteiger partial charge in [0.05, 0.1) is 12.5 Å². The quantitative estimate of drug-likeness (QED) is 0.481. The smallest absolute Gasteiger partial charge is 0.311 e. The van der Waals surface area contributed by atoms with Crippen molar-refractivity contribution in [3.05, 3.63) is 0 Å². The number of rotatable bonds is 2. The van der Waals surface area contributed by atoms with Crippen LogP contribution in [0, 0.1) is 17.8 Å². The minimum absolute atomic E-state index is 0.265. The van der Waals surface area contributed by atoms with Crippen LogP contribution in [0.3, 0.4) is 0 Å². The Kier molecular flexibility index (Phi) is 2.34. The van der Waals surface area contributed by atoms with Crippen LogP contribution in [-0.2, 0) is 19.1 Å². The van der Waals surface area contributed by atoms with Gasteiger partial charge in [-0.25, -0.2) is 0 Å². The lowest BCUT2D eigenvalue weighted by Crippen LogP contribution is -2.48. The number of carbonyl (C=O) groups is 3. The molecule has 2 aliphatic carbocycles. The highest BCUT2D eigenvalue weighted by Gasteiger charge is 2.59. The van der Waals surface area contributed by atoms with E-state index < -0.39 is 41.3 Å². The molecule has 0 radical (unpaired) electrons. The van der Waals surface area contributed by atoms with Crippen molar-refractivity contribution in [3.8, 4) is 0 Å². The molecule has 2 bridgehead atoms. The van der Waals surface area contributed by atoms with Gasteiger partial charge in [0.15, 0.2) is 0 Å². The first kappa shape index (κ1) is 10.3. The van der Waals surface area contributed by atoms with Gasteiger partial charge in [-0.2, -0.15) is 0 Å². The third-order valence-corrected chi connectivity index (χ3v) is 3.30. The lowest BCUT2D eigenvalue weighted by molar-refractivity contribution is -0.154. The molecule has 0 heterocycles. The topological polar surface area (TPSA) is 86.5 Å². The van der Waals surface area contributed by atoms with Crippen LogP contribution in [0.4, 0.5) is 0 Å². The predicted octanol–water partition coefficient (Wildman–Crippen LogP) is -0.719. The minimum atomic E-state index is -0.611. The van der Waals surface area contributed by atoms with Gasteiger partial charge in [-0.05, 0) is 13.3 Å². The Morgan fingerprint density at radius 1 is 1.40 bits per heavy atom. The zero-order valence-corrected chi connectivity index (χ0v) is 8.43. The predicted molar refractivity (Wildman–Crippen MR) is 49.7 cm³/mol. The van der Waals surface area contributed by atoms with Gasteiger partial charge in [-0.15, -0.1) is 0 Å². The van der Waals surface area contributed by atoms with E-state index in [1.807, 2.05) is 0 Å². The van der Waals surface area contributed by atoms with E-state index in [9.17, 15) is 14.4 Å². The van der Waals surface area contributed by atoms with Crippen molar-refractivity contribution < 1.29 is 19.1 Å². The molecule has 5 heteroatoms. The number of esters is 1. The molecule has 2 N–H and O–H groups in total. The summed E-state index contributed by atoms with van der Waals surface area (Å²) in [7, 11) is 0. The summed E-state index contributed by atoms with van der Waals surface area (Å²) in [6.07, 6.45) is 0.419. The van der Waals surface area contributed by atoms with E-state index in [4.69, 9.17) is 10.5 Å². The Morgan fingerprint density at radius 2 is 2.00 bits per heavy atom. The number of hydrogen-bond donors (Lipinski definition) is 1. The van der Waals surface area contributed by atoms with E-state index in [0.29, 0.717) is 6.42 Å². The maximum absolute atomic E-state index is 11.5. The number of ether oxygens (including phenoxy) is 1. The second-order valence-electron chi connectivity index (χ2n) is 4.03. The summed E-state index contributed by atoms with van der Waals surface area (Å²) < 4.78 is 4.85. The standard InChI is InChI=1S/C10H13NO4/c1-2-15-10(14)6-4-3-5(7(6)11)9(13)8(4)12/h4-7H,2-3,11H2,1H3. The van der Waals surface area contributed by atoms with Crippen molar-refractivity contribution in [3.63, 3.8) is 0 Å². The Labute approximate surface area is 87.0 Å². The molecular weight excluding hydrogens is 198 g/mol. The average Bonchev–Trinajstić information content (AvgIpc) is 2.65. The summed E-state index contributed by atoms with van der Waals surface area (Å²) in [6, 6.07) is -0.542. The number of Topliss-reactive ketones (excluding diaryl/α,β-unsaturated/α-hetero) is 2. The molecule has 0 spiro atoms. The largest absolute Gasteiger partial charge is 0.466 e. The van der Waals surface area contributed by atoms with Gasteiger partial charge in [0.2, 0.25) is 11.6 Å². The number of nitrogens with two attached hydrogens (primary N) is 1. The van der Waals surface area contributed by atoms with Gasteiger partial charge >= 0.3 is 5.97 Å². The summed E-state index contributed by atoms with van der Waals surface area (Å²) in [5.41, 5.74) is 5.77. The molecule has 2 saturated carbocycles. The van der Waals surface area contributed by atoms with Crippen molar-refractivity contribution >= 4 is 17.5 Å². The first-order chi connectivity index (χ1) is 7.07. The molecule has 0 aromatic rings. The van der Waals surface area contributed by atoms with Crippen LogP contribution in [-0.4, -0.2) is 30.2 Å². The molecule has 15 heavy (non-hydrogen) atoms. The van der Waals surface area contributed by atoms with Gasteiger partial charge < -0.3 is 10.5 Å². The minimum Gasteiger partial charge on any atom is -0.466 e. The average molecular weight is 211 g/mol. The number of hydrogen-bond acceptors (Lipinski definition) is 5. The molecule has 0 aromatic heterocycles. The van der Waals surface area contributed by atoms with Gasteiger partial charge in [-0.3, -0.25) is 14.4 Å².